The van der Waals surface area contributed by atoms with E-state index in [1.165, 1.54) is 0 Å². The second-order valence-corrected chi connectivity index (χ2v) is 2.51. The molecule has 0 aliphatic carbocycles. The zero-order valence-corrected chi connectivity index (χ0v) is 6.13. The molecule has 1 N–H and O–H groups in total. The summed E-state index contributed by atoms with van der Waals surface area (Å²) in [4.78, 5) is 14.6. The summed E-state index contributed by atoms with van der Waals surface area (Å²) in [5, 5.41) is 2.79. The minimum atomic E-state index is 0.167. The van der Waals surface area contributed by atoms with Crippen LogP contribution in [0.3, 0.4) is 0 Å². The first-order valence-electron chi connectivity index (χ1n) is 3.52. The Bertz CT molecular complexity index is 144. The van der Waals surface area contributed by atoms with Gasteiger partial charge >= 0.3 is 0 Å². The smallest absolute Gasteiger partial charge is 0.220 e. The van der Waals surface area contributed by atoms with Crippen molar-refractivity contribution in [3.05, 3.63) is 0 Å². The van der Waals surface area contributed by atoms with E-state index >= 15 is 0 Å². The van der Waals surface area contributed by atoms with Gasteiger partial charge in [-0.3, -0.25) is 4.79 Å². The molecular weight excluding hydrogens is 128 g/mol. The van der Waals surface area contributed by atoms with Crippen molar-refractivity contribution < 1.29 is 4.79 Å². The van der Waals surface area contributed by atoms with Gasteiger partial charge in [0.2, 0.25) is 5.91 Å². The number of nitrogens with one attached hydrogen (secondary N) is 1. The van der Waals surface area contributed by atoms with Crippen molar-refractivity contribution in [2.24, 2.45) is 10.9 Å². The van der Waals surface area contributed by atoms with E-state index in [0.717, 1.165) is 13.0 Å². The number of rotatable bonds is 1. The summed E-state index contributed by atoms with van der Waals surface area (Å²) >= 11 is 0. The molecule has 1 unspecified atom stereocenters. The van der Waals surface area contributed by atoms with Crippen LogP contribution in [-0.4, -0.2) is 25.7 Å². The summed E-state index contributed by atoms with van der Waals surface area (Å²) in [7, 11) is 1.76. The highest BCUT2D eigenvalue weighted by Crippen LogP contribution is 2.07. The maximum Gasteiger partial charge on any atom is 0.220 e. The van der Waals surface area contributed by atoms with E-state index in [1.807, 2.05) is 6.21 Å². The van der Waals surface area contributed by atoms with Crippen LogP contribution in [-0.2, 0) is 4.79 Å². The van der Waals surface area contributed by atoms with Crippen molar-refractivity contribution in [1.82, 2.24) is 5.32 Å². The number of nitrogens with zero attached hydrogens (tertiary/aromatic N) is 1. The highest BCUT2D eigenvalue weighted by Gasteiger charge is 2.14. The largest absolute Gasteiger partial charge is 0.355 e. The predicted octanol–water partition coefficient (Wildman–Crippen LogP) is 0.213. The summed E-state index contributed by atoms with van der Waals surface area (Å²) < 4.78 is 0. The molecule has 3 heteroatoms. The van der Waals surface area contributed by atoms with Gasteiger partial charge in [0.25, 0.3) is 0 Å². The minimum Gasteiger partial charge on any atom is -0.355 e. The van der Waals surface area contributed by atoms with Gasteiger partial charge < -0.3 is 10.3 Å². The molecule has 1 aliphatic heterocycles. The van der Waals surface area contributed by atoms with Crippen LogP contribution in [0.1, 0.15) is 12.8 Å². The third-order valence-electron chi connectivity index (χ3n) is 1.66. The van der Waals surface area contributed by atoms with Crippen molar-refractivity contribution in [3.8, 4) is 0 Å². The van der Waals surface area contributed by atoms with Gasteiger partial charge in [0.15, 0.2) is 0 Å². The van der Waals surface area contributed by atoms with Gasteiger partial charge in [-0.25, -0.2) is 0 Å². The molecule has 1 heterocycles. The lowest BCUT2D eigenvalue weighted by Crippen LogP contribution is -2.35. The maximum absolute atomic E-state index is 10.7. The number of hydrogen-bond acceptors (Lipinski definition) is 2. The summed E-state index contributed by atoms with van der Waals surface area (Å²) in [5.74, 6) is 0.628. The normalized spacial score (nSPS) is 26.9. The van der Waals surface area contributed by atoms with E-state index in [2.05, 4.69) is 10.3 Å². The second kappa shape index (κ2) is 3.34. The molecule has 56 valence electrons. The zero-order valence-electron chi connectivity index (χ0n) is 6.13. The Morgan fingerprint density at radius 1 is 1.80 bits per heavy atom. The van der Waals surface area contributed by atoms with Crippen molar-refractivity contribution in [2.75, 3.05) is 13.6 Å². The van der Waals surface area contributed by atoms with Gasteiger partial charge in [0, 0.05) is 32.1 Å². The van der Waals surface area contributed by atoms with Gasteiger partial charge in [-0.05, 0) is 6.42 Å². The number of carbonyl (C=O) groups is 1. The molecule has 0 bridgehead atoms. The highest BCUT2D eigenvalue weighted by atomic mass is 16.1. The van der Waals surface area contributed by atoms with Gasteiger partial charge in [-0.15, -0.1) is 0 Å². The van der Waals surface area contributed by atoms with E-state index in [4.69, 9.17) is 0 Å². The quantitative estimate of drug-likeness (QED) is 0.520. The fourth-order valence-electron chi connectivity index (χ4n) is 1.09. The van der Waals surface area contributed by atoms with Crippen molar-refractivity contribution >= 4 is 12.1 Å². The number of piperidine rings is 1. The first-order valence-corrected chi connectivity index (χ1v) is 3.52. The van der Waals surface area contributed by atoms with Gasteiger partial charge in [-0.2, -0.15) is 0 Å². The molecule has 1 rings (SSSR count). The molecular formula is C7H12N2O. The lowest BCUT2D eigenvalue weighted by molar-refractivity contribution is -0.122. The van der Waals surface area contributed by atoms with Crippen LogP contribution >= 0.6 is 0 Å². The van der Waals surface area contributed by atoms with Crippen molar-refractivity contribution in [3.63, 3.8) is 0 Å². The van der Waals surface area contributed by atoms with Gasteiger partial charge in [0.1, 0.15) is 0 Å². The Hall–Kier alpha value is -0.860. The topological polar surface area (TPSA) is 41.5 Å². The summed E-state index contributed by atoms with van der Waals surface area (Å²) in [6.45, 7) is 0.760. The number of amides is 1. The standard InChI is InChI=1S/C7H12N2O/c1-8-4-6-2-3-7(10)9-5-6/h4,6H,2-3,5H2,1H3,(H,9,10). The Balaban J connectivity index is 2.32. The molecule has 3 nitrogen and oxygen atoms in total. The molecule has 0 radical (unpaired) electrons. The SMILES string of the molecule is CN=CC1CCC(=O)NC1. The molecule has 0 spiro atoms. The monoisotopic (exact) mass is 140 g/mol. The Morgan fingerprint density at radius 3 is 3.10 bits per heavy atom. The average Bonchev–Trinajstić information content (AvgIpc) is 1.95. The van der Waals surface area contributed by atoms with Crippen LogP contribution in [0, 0.1) is 5.92 Å². The first kappa shape index (κ1) is 7.25. The molecule has 0 saturated carbocycles. The average molecular weight is 140 g/mol. The van der Waals surface area contributed by atoms with Crippen molar-refractivity contribution in [2.45, 2.75) is 12.8 Å². The molecule has 0 aromatic rings. The van der Waals surface area contributed by atoms with Crippen molar-refractivity contribution in [1.29, 1.82) is 0 Å². The molecule has 10 heavy (non-hydrogen) atoms. The number of carbonyl (C=O) groups excluding carboxylic acids is 1. The highest BCUT2D eigenvalue weighted by molar-refractivity contribution is 5.78. The fraction of sp³-hybridized carbons (Fsp3) is 0.714. The van der Waals surface area contributed by atoms with E-state index in [1.54, 1.807) is 7.05 Å². The summed E-state index contributed by atoms with van der Waals surface area (Å²) in [5.41, 5.74) is 0. The van der Waals surface area contributed by atoms with Gasteiger partial charge in [-0.1, -0.05) is 0 Å². The predicted molar refractivity (Wildman–Crippen MR) is 40.1 cm³/mol. The third-order valence-corrected chi connectivity index (χ3v) is 1.66. The van der Waals surface area contributed by atoms with Crippen LogP contribution in [0.5, 0.6) is 0 Å². The minimum absolute atomic E-state index is 0.167. The molecule has 1 aliphatic rings. The summed E-state index contributed by atoms with van der Waals surface area (Å²) in [6, 6.07) is 0. The molecule has 1 saturated heterocycles. The second-order valence-electron chi connectivity index (χ2n) is 2.51. The Kier molecular flexibility index (Phi) is 2.42. The van der Waals surface area contributed by atoms with E-state index in [0.29, 0.717) is 12.3 Å². The van der Waals surface area contributed by atoms with Crippen LogP contribution in [0.2, 0.25) is 0 Å². The van der Waals surface area contributed by atoms with Crippen LogP contribution in [0.15, 0.2) is 4.99 Å². The maximum atomic E-state index is 10.7. The first-order chi connectivity index (χ1) is 4.83. The number of hydrogen-bond donors (Lipinski definition) is 1. The van der Waals surface area contributed by atoms with E-state index in [9.17, 15) is 4.79 Å². The van der Waals surface area contributed by atoms with Crippen LogP contribution in [0.25, 0.3) is 0 Å². The number of aliphatic imine (C=N–C) groups is 1. The Morgan fingerprint density at radius 2 is 2.60 bits per heavy atom. The Labute approximate surface area is 60.5 Å². The van der Waals surface area contributed by atoms with Crippen LogP contribution < -0.4 is 5.32 Å². The van der Waals surface area contributed by atoms with Crippen LogP contribution in [0.4, 0.5) is 0 Å². The molecule has 0 aromatic heterocycles. The molecule has 1 atom stereocenters. The van der Waals surface area contributed by atoms with Gasteiger partial charge in [0.05, 0.1) is 0 Å². The zero-order chi connectivity index (χ0) is 7.40. The lowest BCUT2D eigenvalue weighted by Gasteiger charge is -2.17. The third kappa shape index (κ3) is 1.83. The molecule has 1 amide bonds. The van der Waals surface area contributed by atoms with E-state index < -0.39 is 0 Å². The lowest BCUT2D eigenvalue weighted by atomic mass is 10.0. The molecule has 0 aromatic carbocycles. The van der Waals surface area contributed by atoms with E-state index in [-0.39, 0.29) is 5.91 Å². The fourth-order valence-corrected chi connectivity index (χ4v) is 1.09. The molecule has 1 fully saturated rings. The summed E-state index contributed by atoms with van der Waals surface area (Å²) in [6.07, 6.45) is 3.50.